The molecule has 0 N–H and O–H groups in total. The van der Waals surface area contributed by atoms with E-state index in [0.29, 0.717) is 17.9 Å². The van der Waals surface area contributed by atoms with Crippen LogP contribution in [0.15, 0.2) is 17.5 Å². The van der Waals surface area contributed by atoms with Crippen molar-refractivity contribution in [2.75, 3.05) is 6.54 Å². The van der Waals surface area contributed by atoms with Crippen LogP contribution in [0.4, 0.5) is 0 Å². The lowest BCUT2D eigenvalue weighted by molar-refractivity contribution is -0.134. The number of hydrogen-bond donors (Lipinski definition) is 0. The molecule has 3 heteroatoms. The van der Waals surface area contributed by atoms with Crippen LogP contribution in [-0.2, 0) is 4.79 Å². The first-order valence-electron chi connectivity index (χ1n) is 8.18. The standard InChI is InChI=1S/C17H21NOS/c19-17(16-14-10-5-6-11(9-10)15(14)16)18-7-1-3-12(18)13-4-2-8-20-13/h2,4,8,10-12,14-16H,1,3,5-7,9H2/t10-,11-,12+,14-,15+,16?/m0/s1. The molecule has 0 radical (unpaired) electrons. The summed E-state index contributed by atoms with van der Waals surface area (Å²) in [5.74, 6) is 4.30. The predicted molar refractivity (Wildman–Crippen MR) is 79.3 cm³/mol. The molecule has 3 saturated carbocycles. The average Bonchev–Trinajstić information content (AvgIpc) is 3.04. The van der Waals surface area contributed by atoms with Crippen LogP contribution in [0.2, 0.25) is 0 Å². The summed E-state index contributed by atoms with van der Waals surface area (Å²) in [6, 6.07) is 4.72. The predicted octanol–water partition coefficient (Wildman–Crippen LogP) is 3.70. The number of carbonyl (C=O) groups excluding carboxylic acids is 1. The molecule has 2 heterocycles. The third-order valence-corrected chi connectivity index (χ3v) is 7.40. The van der Waals surface area contributed by atoms with Gasteiger partial charge in [0.25, 0.3) is 0 Å². The smallest absolute Gasteiger partial charge is 0.226 e. The van der Waals surface area contributed by atoms with Gasteiger partial charge in [-0.2, -0.15) is 0 Å². The van der Waals surface area contributed by atoms with Crippen LogP contribution in [-0.4, -0.2) is 17.4 Å². The van der Waals surface area contributed by atoms with Gasteiger partial charge >= 0.3 is 0 Å². The summed E-state index contributed by atoms with van der Waals surface area (Å²) in [6.45, 7) is 0.993. The van der Waals surface area contributed by atoms with Gasteiger partial charge in [-0.1, -0.05) is 6.07 Å². The molecule has 5 rings (SSSR count). The highest BCUT2D eigenvalue weighted by molar-refractivity contribution is 7.10. The van der Waals surface area contributed by atoms with Crippen LogP contribution in [0.1, 0.15) is 43.0 Å². The zero-order valence-corrected chi connectivity index (χ0v) is 12.5. The van der Waals surface area contributed by atoms with E-state index in [4.69, 9.17) is 0 Å². The highest BCUT2D eigenvalue weighted by Crippen LogP contribution is 2.70. The first-order chi connectivity index (χ1) is 9.84. The van der Waals surface area contributed by atoms with Crippen molar-refractivity contribution in [1.82, 2.24) is 4.90 Å². The van der Waals surface area contributed by atoms with Crippen molar-refractivity contribution in [3.05, 3.63) is 22.4 Å². The molecule has 1 aliphatic heterocycles. The van der Waals surface area contributed by atoms with E-state index in [9.17, 15) is 4.79 Å². The molecule has 3 aliphatic carbocycles. The quantitative estimate of drug-likeness (QED) is 0.812. The van der Waals surface area contributed by atoms with Gasteiger partial charge in [0.2, 0.25) is 5.91 Å². The first kappa shape index (κ1) is 11.8. The molecule has 20 heavy (non-hydrogen) atoms. The Morgan fingerprint density at radius 2 is 2.00 bits per heavy atom. The van der Waals surface area contributed by atoms with Crippen molar-refractivity contribution in [2.45, 2.75) is 38.1 Å². The molecule has 2 bridgehead atoms. The van der Waals surface area contributed by atoms with Gasteiger partial charge in [-0.05, 0) is 67.2 Å². The second-order valence-electron chi connectivity index (χ2n) is 7.22. The van der Waals surface area contributed by atoms with E-state index in [-0.39, 0.29) is 0 Å². The average molecular weight is 287 g/mol. The normalized spacial score (nSPS) is 44.9. The highest BCUT2D eigenvalue weighted by atomic mass is 32.1. The fourth-order valence-electron chi connectivity index (χ4n) is 5.65. The van der Waals surface area contributed by atoms with Gasteiger partial charge in [0.1, 0.15) is 0 Å². The summed E-state index contributed by atoms with van der Waals surface area (Å²) in [5, 5.41) is 2.14. The van der Waals surface area contributed by atoms with Gasteiger partial charge in [0, 0.05) is 17.3 Å². The third kappa shape index (κ3) is 1.47. The Hall–Kier alpha value is -0.830. The van der Waals surface area contributed by atoms with Crippen molar-refractivity contribution in [2.24, 2.45) is 29.6 Å². The van der Waals surface area contributed by atoms with E-state index in [1.165, 1.54) is 37.0 Å². The molecule has 4 aliphatic rings. The fourth-order valence-corrected chi connectivity index (χ4v) is 6.53. The monoisotopic (exact) mass is 287 g/mol. The van der Waals surface area contributed by atoms with E-state index in [0.717, 1.165) is 30.2 Å². The highest BCUT2D eigenvalue weighted by Gasteiger charge is 2.68. The Labute approximate surface area is 124 Å². The summed E-state index contributed by atoms with van der Waals surface area (Å²) < 4.78 is 0. The summed E-state index contributed by atoms with van der Waals surface area (Å²) in [4.78, 5) is 16.6. The first-order valence-corrected chi connectivity index (χ1v) is 9.06. The number of fused-ring (bicyclic) bond motifs is 5. The van der Waals surface area contributed by atoms with Crippen LogP contribution in [0.3, 0.4) is 0 Å². The van der Waals surface area contributed by atoms with E-state index in [2.05, 4.69) is 22.4 Å². The Kier molecular flexibility index (Phi) is 2.41. The van der Waals surface area contributed by atoms with Crippen molar-refractivity contribution >= 4 is 17.2 Å². The molecule has 106 valence electrons. The summed E-state index contributed by atoms with van der Waals surface area (Å²) in [5.41, 5.74) is 0. The van der Waals surface area contributed by atoms with Gasteiger partial charge in [-0.3, -0.25) is 4.79 Å². The lowest BCUT2D eigenvalue weighted by atomic mass is 10.0. The zero-order valence-electron chi connectivity index (χ0n) is 11.7. The Morgan fingerprint density at radius 1 is 1.20 bits per heavy atom. The van der Waals surface area contributed by atoms with Crippen LogP contribution < -0.4 is 0 Å². The Balaban J connectivity index is 1.37. The minimum Gasteiger partial charge on any atom is -0.335 e. The van der Waals surface area contributed by atoms with Gasteiger partial charge < -0.3 is 4.90 Å². The molecule has 1 aromatic rings. The van der Waals surface area contributed by atoms with Gasteiger partial charge in [-0.15, -0.1) is 11.3 Å². The van der Waals surface area contributed by atoms with Crippen molar-refractivity contribution in [3.63, 3.8) is 0 Å². The maximum atomic E-state index is 13.0. The molecule has 1 saturated heterocycles. The van der Waals surface area contributed by atoms with Crippen molar-refractivity contribution in [3.8, 4) is 0 Å². The zero-order chi connectivity index (χ0) is 13.3. The molecule has 1 aromatic heterocycles. The summed E-state index contributed by atoms with van der Waals surface area (Å²) in [7, 11) is 0. The number of thiophene rings is 1. The van der Waals surface area contributed by atoms with Crippen LogP contribution in [0.25, 0.3) is 0 Å². The number of rotatable bonds is 2. The molecule has 4 fully saturated rings. The van der Waals surface area contributed by atoms with Crippen LogP contribution in [0.5, 0.6) is 0 Å². The number of carbonyl (C=O) groups is 1. The van der Waals surface area contributed by atoms with Gasteiger partial charge in [0.15, 0.2) is 0 Å². The Bertz CT molecular complexity index is 523. The second kappa shape index (κ2) is 4.09. The van der Waals surface area contributed by atoms with E-state index < -0.39 is 0 Å². The molecule has 1 unspecified atom stereocenters. The van der Waals surface area contributed by atoms with Crippen LogP contribution >= 0.6 is 11.3 Å². The number of nitrogens with zero attached hydrogens (tertiary/aromatic N) is 1. The maximum Gasteiger partial charge on any atom is 0.226 e. The SMILES string of the molecule is O=C(C1[C@@H]2[C@H]3CC[C@@H](C3)[C@H]12)N1CCC[C@@H]1c1cccs1. The van der Waals surface area contributed by atoms with E-state index in [1.807, 2.05) is 11.3 Å². The molecule has 2 nitrogen and oxygen atoms in total. The number of hydrogen-bond acceptors (Lipinski definition) is 2. The van der Waals surface area contributed by atoms with Crippen molar-refractivity contribution in [1.29, 1.82) is 0 Å². The minimum atomic E-state index is 0.390. The topological polar surface area (TPSA) is 20.3 Å². The molecular formula is C17H21NOS. The van der Waals surface area contributed by atoms with Crippen molar-refractivity contribution < 1.29 is 4.79 Å². The van der Waals surface area contributed by atoms with Gasteiger partial charge in [-0.25, -0.2) is 0 Å². The Morgan fingerprint density at radius 3 is 2.70 bits per heavy atom. The number of amides is 1. The van der Waals surface area contributed by atoms with E-state index in [1.54, 1.807) is 0 Å². The molecule has 0 aromatic carbocycles. The molecule has 0 spiro atoms. The molecule has 1 amide bonds. The second-order valence-corrected chi connectivity index (χ2v) is 8.20. The van der Waals surface area contributed by atoms with E-state index >= 15 is 0 Å². The van der Waals surface area contributed by atoms with Crippen LogP contribution in [0, 0.1) is 29.6 Å². The molecular weight excluding hydrogens is 266 g/mol. The minimum absolute atomic E-state index is 0.390. The third-order valence-electron chi connectivity index (χ3n) is 6.43. The largest absolute Gasteiger partial charge is 0.335 e. The lowest BCUT2D eigenvalue weighted by Crippen LogP contribution is -2.33. The summed E-state index contributed by atoms with van der Waals surface area (Å²) in [6.07, 6.45) is 6.60. The summed E-state index contributed by atoms with van der Waals surface area (Å²) >= 11 is 1.81. The molecule has 6 atom stereocenters. The number of likely N-dealkylation sites (tertiary alicyclic amines) is 1. The van der Waals surface area contributed by atoms with Gasteiger partial charge in [0.05, 0.1) is 6.04 Å². The lowest BCUT2D eigenvalue weighted by Gasteiger charge is -2.25. The maximum absolute atomic E-state index is 13.0. The fraction of sp³-hybridized carbons (Fsp3) is 0.706.